The predicted octanol–water partition coefficient (Wildman–Crippen LogP) is 5.62. The van der Waals surface area contributed by atoms with Crippen LogP contribution in [0.4, 0.5) is 6.01 Å². The number of fused-ring (bicyclic) bond motifs is 1. The third kappa shape index (κ3) is 6.23. The third-order valence-electron chi connectivity index (χ3n) is 8.27. The number of aromatic nitrogens is 2. The van der Waals surface area contributed by atoms with E-state index in [1.807, 2.05) is 72.5 Å². The Balaban J connectivity index is 1.19. The molecule has 1 aliphatic heterocycles. The minimum atomic E-state index is -0.782. The summed E-state index contributed by atoms with van der Waals surface area (Å²) in [6.45, 7) is 4.21. The van der Waals surface area contributed by atoms with Crippen molar-refractivity contribution in [1.82, 2.24) is 19.8 Å². The normalized spacial score (nSPS) is 14.4. The van der Waals surface area contributed by atoms with Gasteiger partial charge in [-0.15, -0.1) is 0 Å². The van der Waals surface area contributed by atoms with E-state index in [9.17, 15) is 14.4 Å². The van der Waals surface area contributed by atoms with Gasteiger partial charge >= 0.3 is 12.0 Å². The molecule has 45 heavy (non-hydrogen) atoms. The first-order valence-electron chi connectivity index (χ1n) is 15.1. The number of amides is 2. The molecule has 2 amide bonds. The monoisotopic (exact) mass is 605 g/mol. The highest BCUT2D eigenvalue weighted by atomic mass is 16.5. The van der Waals surface area contributed by atoms with Crippen LogP contribution in [0.25, 0.3) is 10.9 Å². The van der Waals surface area contributed by atoms with Crippen LogP contribution in [0.3, 0.4) is 0 Å². The molecule has 1 aliphatic rings. The first-order valence-corrected chi connectivity index (χ1v) is 15.1. The lowest BCUT2D eigenvalue weighted by molar-refractivity contribution is -0.135. The molecule has 0 radical (unpaired) electrons. The lowest BCUT2D eigenvalue weighted by Gasteiger charge is -2.40. The van der Waals surface area contributed by atoms with Crippen LogP contribution in [0.15, 0.2) is 95.4 Å². The molecule has 1 atom stereocenters. The lowest BCUT2D eigenvalue weighted by Crippen LogP contribution is -2.51. The summed E-state index contributed by atoms with van der Waals surface area (Å²) in [6, 6.07) is 29.9. The van der Waals surface area contributed by atoms with Gasteiger partial charge in [0, 0.05) is 37.1 Å². The Labute approximate surface area is 261 Å². The smallest absolute Gasteiger partial charge is 0.360 e. The zero-order chi connectivity index (χ0) is 31.3. The van der Waals surface area contributed by atoms with E-state index >= 15 is 0 Å². The van der Waals surface area contributed by atoms with Crippen LogP contribution in [0.2, 0.25) is 0 Å². The molecule has 0 aliphatic carbocycles. The van der Waals surface area contributed by atoms with Crippen molar-refractivity contribution in [3.05, 3.63) is 119 Å². The lowest BCUT2D eigenvalue weighted by atomic mass is 9.96. The van der Waals surface area contributed by atoms with Crippen molar-refractivity contribution in [1.29, 1.82) is 0 Å². The van der Waals surface area contributed by atoms with Crippen molar-refractivity contribution >= 4 is 34.7 Å². The number of methoxy groups -OCH3 is 1. The second-order valence-electron chi connectivity index (χ2n) is 11.0. The van der Waals surface area contributed by atoms with E-state index < -0.39 is 17.8 Å². The molecule has 0 bridgehead atoms. The number of hydrogen-bond donors (Lipinski definition) is 2. The van der Waals surface area contributed by atoms with E-state index in [-0.39, 0.29) is 29.4 Å². The van der Waals surface area contributed by atoms with Gasteiger partial charge in [-0.1, -0.05) is 85.8 Å². The Kier molecular flexibility index (Phi) is 8.74. The Bertz CT molecular complexity index is 1720. The Morgan fingerprint density at radius 2 is 1.53 bits per heavy atom. The van der Waals surface area contributed by atoms with E-state index in [4.69, 9.17) is 9.15 Å². The van der Waals surface area contributed by atoms with Crippen LogP contribution >= 0.6 is 0 Å². The fourth-order valence-corrected chi connectivity index (χ4v) is 6.00. The molecule has 5 aromatic rings. The van der Waals surface area contributed by atoms with Crippen molar-refractivity contribution in [2.24, 2.45) is 0 Å². The molecule has 10 heteroatoms. The number of benzene rings is 3. The number of rotatable bonds is 9. The number of oxazole rings is 1. The standard InChI is InChI=1S/C35H35N5O5/c1-3-26(31-29(34(43)44-2)37-35(45-31)38-32(41)28-22-25-16-10-11-17-27(25)36-28)33(42)40-20-18-39(19-21-40)30(23-12-6-4-7-13-23)24-14-8-5-9-15-24/h4-17,22,26,30,36H,3,18-21H2,1-2H3,(H,37,38,41)/t26-/m0/s1. The molecular weight excluding hydrogens is 570 g/mol. The number of ether oxygens (including phenoxy) is 1. The highest BCUT2D eigenvalue weighted by molar-refractivity contribution is 6.05. The van der Waals surface area contributed by atoms with Gasteiger partial charge in [-0.2, -0.15) is 4.98 Å². The van der Waals surface area contributed by atoms with Crippen molar-refractivity contribution in [2.45, 2.75) is 25.3 Å². The summed E-state index contributed by atoms with van der Waals surface area (Å²) in [5.41, 5.74) is 3.38. The second kappa shape index (κ2) is 13.2. The minimum absolute atomic E-state index is 0.0651. The first-order chi connectivity index (χ1) is 22.0. The second-order valence-corrected chi connectivity index (χ2v) is 11.0. The average Bonchev–Trinajstić information content (AvgIpc) is 3.71. The molecule has 0 unspecified atom stereocenters. The maximum Gasteiger partial charge on any atom is 0.360 e. The summed E-state index contributed by atoms with van der Waals surface area (Å²) in [5, 5.41) is 3.49. The summed E-state index contributed by atoms with van der Waals surface area (Å²) < 4.78 is 10.9. The van der Waals surface area contributed by atoms with Crippen LogP contribution in [-0.2, 0) is 9.53 Å². The third-order valence-corrected chi connectivity index (χ3v) is 8.27. The summed E-state index contributed by atoms with van der Waals surface area (Å²) in [4.78, 5) is 51.2. The predicted molar refractivity (Wildman–Crippen MR) is 170 cm³/mol. The molecule has 3 heterocycles. The molecule has 2 N–H and O–H groups in total. The molecule has 2 aromatic heterocycles. The number of esters is 1. The number of H-pyrrole nitrogens is 1. The number of para-hydroxylation sites is 1. The first kappa shape index (κ1) is 29.8. The van der Waals surface area contributed by atoms with E-state index in [1.165, 1.54) is 18.2 Å². The van der Waals surface area contributed by atoms with E-state index in [2.05, 4.69) is 44.5 Å². The van der Waals surface area contributed by atoms with Crippen molar-refractivity contribution < 1.29 is 23.5 Å². The van der Waals surface area contributed by atoms with Crippen LogP contribution in [0, 0.1) is 0 Å². The Morgan fingerprint density at radius 1 is 0.911 bits per heavy atom. The quantitative estimate of drug-likeness (QED) is 0.209. The summed E-state index contributed by atoms with van der Waals surface area (Å²) >= 11 is 0. The van der Waals surface area contributed by atoms with Crippen LogP contribution < -0.4 is 5.32 Å². The summed E-state index contributed by atoms with van der Waals surface area (Å²) in [5.74, 6) is -2.10. The molecule has 3 aromatic carbocycles. The summed E-state index contributed by atoms with van der Waals surface area (Å²) in [6.07, 6.45) is 0.365. The molecule has 230 valence electrons. The highest BCUT2D eigenvalue weighted by Crippen LogP contribution is 2.32. The number of carbonyl (C=O) groups is 3. The maximum absolute atomic E-state index is 13.9. The topological polar surface area (TPSA) is 121 Å². The molecule has 6 rings (SSSR count). The zero-order valence-corrected chi connectivity index (χ0v) is 25.2. The number of anilines is 1. The number of piperazine rings is 1. The van der Waals surface area contributed by atoms with E-state index in [0.717, 1.165) is 10.9 Å². The Morgan fingerprint density at radius 3 is 2.13 bits per heavy atom. The van der Waals surface area contributed by atoms with Gasteiger partial charge in [0.25, 0.3) is 5.91 Å². The highest BCUT2D eigenvalue weighted by Gasteiger charge is 2.36. The van der Waals surface area contributed by atoms with Crippen molar-refractivity contribution in [3.8, 4) is 0 Å². The van der Waals surface area contributed by atoms with Crippen molar-refractivity contribution in [3.63, 3.8) is 0 Å². The Hall–Kier alpha value is -5.22. The van der Waals surface area contributed by atoms with Crippen LogP contribution in [0.5, 0.6) is 0 Å². The largest absolute Gasteiger partial charge is 0.464 e. The summed E-state index contributed by atoms with van der Waals surface area (Å²) in [7, 11) is 1.24. The molecular formula is C35H35N5O5. The number of nitrogens with zero attached hydrogens (tertiary/aromatic N) is 3. The van der Waals surface area contributed by atoms with Gasteiger partial charge in [-0.3, -0.25) is 19.8 Å². The van der Waals surface area contributed by atoms with Gasteiger partial charge < -0.3 is 19.0 Å². The SMILES string of the molecule is CC[C@H](C(=O)N1CCN(C(c2ccccc2)c2ccccc2)CC1)c1oc(NC(=O)c2cc3ccccc3[nH]2)nc1C(=O)OC. The molecule has 0 spiro atoms. The fraction of sp³-hybridized carbons (Fsp3) is 0.257. The average molecular weight is 606 g/mol. The number of aromatic amines is 1. The van der Waals surface area contributed by atoms with E-state index in [1.54, 1.807) is 6.07 Å². The molecule has 1 saturated heterocycles. The zero-order valence-electron chi connectivity index (χ0n) is 25.2. The fourth-order valence-electron chi connectivity index (χ4n) is 6.00. The number of hydrogen-bond acceptors (Lipinski definition) is 7. The molecule has 10 nitrogen and oxygen atoms in total. The number of carbonyl (C=O) groups excluding carboxylic acids is 3. The van der Waals surface area contributed by atoms with Crippen LogP contribution in [0.1, 0.15) is 63.2 Å². The van der Waals surface area contributed by atoms with Gasteiger partial charge in [0.15, 0.2) is 11.5 Å². The van der Waals surface area contributed by atoms with Gasteiger partial charge in [-0.25, -0.2) is 4.79 Å². The van der Waals surface area contributed by atoms with Crippen LogP contribution in [-0.4, -0.2) is 70.8 Å². The van der Waals surface area contributed by atoms with Gasteiger partial charge in [0.05, 0.1) is 19.1 Å². The van der Waals surface area contributed by atoms with Gasteiger partial charge in [0.2, 0.25) is 5.91 Å². The molecule has 0 saturated carbocycles. The minimum Gasteiger partial charge on any atom is -0.464 e. The van der Waals surface area contributed by atoms with Gasteiger partial charge in [-0.05, 0) is 29.7 Å². The van der Waals surface area contributed by atoms with Crippen molar-refractivity contribution in [2.75, 3.05) is 38.6 Å². The molecule has 1 fully saturated rings. The maximum atomic E-state index is 13.9. The van der Waals surface area contributed by atoms with E-state index in [0.29, 0.717) is 38.3 Å². The number of nitrogens with one attached hydrogen (secondary N) is 2. The van der Waals surface area contributed by atoms with Gasteiger partial charge in [0.1, 0.15) is 5.69 Å².